The third-order valence-electron chi connectivity index (χ3n) is 1.93. The Bertz CT molecular complexity index is 682. The molecule has 0 saturated heterocycles. The molecule has 82 valence electrons. The molecule has 0 aliphatic rings. The third-order valence-corrected chi connectivity index (χ3v) is 1.93. The highest BCUT2D eigenvalue weighted by atomic mass is 16.1. The van der Waals surface area contributed by atoms with E-state index in [2.05, 4.69) is 19.9 Å². The summed E-state index contributed by atoms with van der Waals surface area (Å²) in [4.78, 5) is 35.4. The Morgan fingerprint density at radius 3 is 2.62 bits per heavy atom. The number of H-pyrrole nitrogens is 2. The Morgan fingerprint density at radius 1 is 1.19 bits per heavy atom. The van der Waals surface area contributed by atoms with Crippen LogP contribution >= 0.6 is 0 Å². The monoisotopic (exact) mass is 219 g/mol. The van der Waals surface area contributed by atoms with Gasteiger partial charge in [0.15, 0.2) is 11.2 Å². The molecule has 16 heavy (non-hydrogen) atoms. The first-order valence-corrected chi connectivity index (χ1v) is 4.54. The van der Waals surface area contributed by atoms with Gasteiger partial charge in [-0.2, -0.15) is 4.98 Å². The van der Waals surface area contributed by atoms with Gasteiger partial charge in [0.2, 0.25) is 5.95 Å². The number of nitrogens with two attached hydrogens (primary N) is 1. The van der Waals surface area contributed by atoms with Crippen molar-refractivity contribution in [2.75, 3.05) is 5.73 Å². The molecule has 0 aromatic carbocycles. The number of aromatic amines is 2. The molecule has 0 aliphatic carbocycles. The van der Waals surface area contributed by atoms with Crippen LogP contribution in [0.5, 0.6) is 0 Å². The van der Waals surface area contributed by atoms with Crippen molar-refractivity contribution in [3.05, 3.63) is 32.5 Å². The maximum atomic E-state index is 11.5. The fourth-order valence-corrected chi connectivity index (χ4v) is 1.29. The number of rotatable bonds is 1. The first-order chi connectivity index (χ1) is 7.61. The number of hydrogen-bond donors (Lipinski definition) is 3. The molecule has 0 saturated carbocycles. The minimum Gasteiger partial charge on any atom is -0.369 e. The molecule has 4 N–H and O–H groups in total. The van der Waals surface area contributed by atoms with E-state index in [-0.39, 0.29) is 22.8 Å². The van der Waals surface area contributed by atoms with Gasteiger partial charge in [-0.1, -0.05) is 6.08 Å². The van der Waals surface area contributed by atoms with E-state index in [0.29, 0.717) is 0 Å². The van der Waals surface area contributed by atoms with Gasteiger partial charge in [-0.15, -0.1) is 0 Å². The van der Waals surface area contributed by atoms with Crippen molar-refractivity contribution in [3.8, 4) is 0 Å². The lowest BCUT2D eigenvalue weighted by Gasteiger charge is -1.98. The van der Waals surface area contributed by atoms with Crippen molar-refractivity contribution in [1.29, 1.82) is 0 Å². The second-order valence-corrected chi connectivity index (χ2v) is 3.10. The van der Waals surface area contributed by atoms with E-state index >= 15 is 0 Å². The second kappa shape index (κ2) is 3.61. The largest absolute Gasteiger partial charge is 0.369 e. The number of nitrogens with one attached hydrogen (secondary N) is 2. The van der Waals surface area contributed by atoms with Crippen LogP contribution in [0.2, 0.25) is 0 Å². The quantitative estimate of drug-likeness (QED) is 0.604. The molecule has 2 aromatic heterocycles. The van der Waals surface area contributed by atoms with E-state index in [1.165, 1.54) is 6.08 Å². The Labute approximate surface area is 89.1 Å². The van der Waals surface area contributed by atoms with Crippen LogP contribution in [0.1, 0.15) is 12.6 Å². The molecule has 0 aliphatic heterocycles. The van der Waals surface area contributed by atoms with Gasteiger partial charge in [0.25, 0.3) is 11.1 Å². The maximum Gasteiger partial charge on any atom is 0.280 e. The number of anilines is 1. The number of allylic oxidation sites excluding steroid dienone is 1. The van der Waals surface area contributed by atoms with E-state index in [4.69, 9.17) is 5.73 Å². The second-order valence-electron chi connectivity index (χ2n) is 3.10. The summed E-state index contributed by atoms with van der Waals surface area (Å²) in [5.74, 6) is -0.0614. The van der Waals surface area contributed by atoms with Crippen molar-refractivity contribution >= 4 is 23.2 Å². The lowest BCUT2D eigenvalue weighted by molar-refractivity contribution is 1.09. The van der Waals surface area contributed by atoms with Gasteiger partial charge < -0.3 is 10.7 Å². The smallest absolute Gasteiger partial charge is 0.280 e. The minimum atomic E-state index is -0.482. The highest BCUT2D eigenvalue weighted by Crippen LogP contribution is 2.00. The van der Waals surface area contributed by atoms with Crippen LogP contribution < -0.4 is 16.9 Å². The predicted molar refractivity (Wildman–Crippen MR) is 59.9 cm³/mol. The normalized spacial score (nSPS) is 11.3. The SMILES string of the molecule is C/C=C/c1nc2c(=O)[nH]c(N)nc2[nH]c1=O. The van der Waals surface area contributed by atoms with E-state index in [0.717, 1.165) is 0 Å². The molecule has 0 spiro atoms. The summed E-state index contributed by atoms with van der Waals surface area (Å²) in [5.41, 5.74) is 4.74. The maximum absolute atomic E-state index is 11.5. The zero-order chi connectivity index (χ0) is 11.7. The van der Waals surface area contributed by atoms with Crippen LogP contribution in [0.25, 0.3) is 17.2 Å². The number of fused-ring (bicyclic) bond motifs is 1. The standard InChI is InChI=1S/C9H9N5O2/c1-2-3-4-7(15)12-6-5(11-4)8(16)14-9(10)13-6/h2-3H,1H3,(H4,10,12,13,14,15,16)/b3-2+. The number of aromatic nitrogens is 4. The van der Waals surface area contributed by atoms with Gasteiger partial charge in [-0.25, -0.2) is 4.98 Å². The topological polar surface area (TPSA) is 118 Å². The highest BCUT2D eigenvalue weighted by molar-refractivity contribution is 5.70. The summed E-state index contributed by atoms with van der Waals surface area (Å²) in [6, 6.07) is 0. The van der Waals surface area contributed by atoms with Gasteiger partial charge in [-0.3, -0.25) is 14.6 Å². The first-order valence-electron chi connectivity index (χ1n) is 4.54. The van der Waals surface area contributed by atoms with Crippen molar-refractivity contribution in [2.45, 2.75) is 6.92 Å². The molecule has 0 atom stereocenters. The molecule has 0 radical (unpaired) electrons. The lowest BCUT2D eigenvalue weighted by Crippen LogP contribution is -2.19. The Hall–Kier alpha value is -2.44. The average molecular weight is 219 g/mol. The van der Waals surface area contributed by atoms with Crippen LogP contribution in [0.3, 0.4) is 0 Å². The van der Waals surface area contributed by atoms with Crippen LogP contribution in [0.4, 0.5) is 5.95 Å². The summed E-state index contributed by atoms with van der Waals surface area (Å²) >= 11 is 0. The first kappa shape index (κ1) is 10.1. The summed E-state index contributed by atoms with van der Waals surface area (Å²) < 4.78 is 0. The number of hydrogen-bond acceptors (Lipinski definition) is 5. The van der Waals surface area contributed by atoms with E-state index < -0.39 is 11.1 Å². The third kappa shape index (κ3) is 1.58. The molecule has 2 rings (SSSR count). The fraction of sp³-hybridized carbons (Fsp3) is 0.111. The van der Waals surface area contributed by atoms with Gasteiger partial charge in [0.05, 0.1) is 0 Å². The van der Waals surface area contributed by atoms with E-state index in [1.54, 1.807) is 13.0 Å². The van der Waals surface area contributed by atoms with Crippen LogP contribution in [-0.2, 0) is 0 Å². The molecule has 0 bridgehead atoms. The van der Waals surface area contributed by atoms with Crippen LogP contribution in [0, 0.1) is 0 Å². The van der Waals surface area contributed by atoms with Crippen molar-refractivity contribution < 1.29 is 0 Å². The molecular weight excluding hydrogens is 210 g/mol. The Kier molecular flexibility index (Phi) is 2.28. The van der Waals surface area contributed by atoms with Crippen molar-refractivity contribution in [3.63, 3.8) is 0 Å². The molecule has 7 heteroatoms. The average Bonchev–Trinajstić information content (AvgIpc) is 2.20. The van der Waals surface area contributed by atoms with Gasteiger partial charge in [-0.05, 0) is 13.0 Å². The fourth-order valence-electron chi connectivity index (χ4n) is 1.29. The Balaban J connectivity index is 2.90. The zero-order valence-electron chi connectivity index (χ0n) is 8.44. The van der Waals surface area contributed by atoms with E-state index in [9.17, 15) is 9.59 Å². The van der Waals surface area contributed by atoms with Crippen molar-refractivity contribution in [1.82, 2.24) is 19.9 Å². The summed E-state index contributed by atoms with van der Waals surface area (Å²) in [6.07, 6.45) is 3.16. The number of nitrogen functional groups attached to an aromatic ring is 1. The molecule has 7 nitrogen and oxygen atoms in total. The van der Waals surface area contributed by atoms with Gasteiger partial charge >= 0.3 is 0 Å². The molecule has 2 aromatic rings. The number of nitrogens with zero attached hydrogens (tertiary/aromatic N) is 2. The summed E-state index contributed by atoms with van der Waals surface area (Å²) in [7, 11) is 0. The predicted octanol–water partition coefficient (Wildman–Crippen LogP) is -0.378. The van der Waals surface area contributed by atoms with Gasteiger partial charge in [0.1, 0.15) is 5.69 Å². The zero-order valence-corrected chi connectivity index (χ0v) is 8.44. The molecule has 0 unspecified atom stereocenters. The van der Waals surface area contributed by atoms with E-state index in [1.807, 2.05) is 0 Å². The lowest BCUT2D eigenvalue weighted by atomic mass is 10.3. The molecule has 0 fully saturated rings. The van der Waals surface area contributed by atoms with Gasteiger partial charge in [0, 0.05) is 0 Å². The van der Waals surface area contributed by atoms with Crippen LogP contribution in [0.15, 0.2) is 15.7 Å². The molecular formula is C9H9N5O2. The van der Waals surface area contributed by atoms with Crippen LogP contribution in [-0.4, -0.2) is 19.9 Å². The summed E-state index contributed by atoms with van der Waals surface area (Å²) in [6.45, 7) is 1.75. The molecule has 2 heterocycles. The highest BCUT2D eigenvalue weighted by Gasteiger charge is 2.07. The Morgan fingerprint density at radius 2 is 1.94 bits per heavy atom. The minimum absolute atomic E-state index is 0.0573. The molecule has 0 amide bonds. The summed E-state index contributed by atoms with van der Waals surface area (Å²) in [5, 5.41) is 0. The van der Waals surface area contributed by atoms with Crippen molar-refractivity contribution in [2.24, 2.45) is 0 Å².